The SMILES string of the molecule is Cc1cc(C#N)ccc1CCNC(=O)C1CC(O)CN1C(=O)[C@@H](n1cc(C2CC2)nn1)C(C)(C)C. The number of amides is 2. The van der Waals surface area contributed by atoms with Gasteiger partial charge >= 0.3 is 0 Å². The standard InChI is InChI=1S/C26H34N6O3/c1-16-11-17(13-27)5-6-18(16)9-10-28-24(34)22-12-20(33)14-31(22)25(35)23(26(2,3)4)32-15-21(29-30-32)19-7-8-19/h5-6,11,15,19-20,22-23,33H,7-10,12,14H2,1-4H3,(H,28,34)/t20?,22?,23-/m1/s1. The van der Waals surface area contributed by atoms with Crippen LogP contribution in [0.3, 0.4) is 0 Å². The number of aliphatic hydroxyl groups excluding tert-OH is 1. The van der Waals surface area contributed by atoms with Gasteiger partial charge in [-0.15, -0.1) is 5.10 Å². The molecule has 2 unspecified atom stereocenters. The van der Waals surface area contributed by atoms with Crippen molar-refractivity contribution in [3.63, 3.8) is 0 Å². The summed E-state index contributed by atoms with van der Waals surface area (Å²) in [5.41, 5.74) is 3.09. The van der Waals surface area contributed by atoms with Crippen LogP contribution >= 0.6 is 0 Å². The largest absolute Gasteiger partial charge is 0.391 e. The van der Waals surface area contributed by atoms with Crippen LogP contribution < -0.4 is 5.32 Å². The fourth-order valence-corrected chi connectivity index (χ4v) is 4.81. The molecule has 1 aliphatic carbocycles. The van der Waals surface area contributed by atoms with Crippen LogP contribution in [0.2, 0.25) is 0 Å². The maximum Gasteiger partial charge on any atom is 0.248 e. The molecule has 4 rings (SSSR count). The van der Waals surface area contributed by atoms with Crippen LogP contribution in [0.25, 0.3) is 0 Å². The maximum atomic E-state index is 13.8. The van der Waals surface area contributed by atoms with E-state index in [1.54, 1.807) is 10.7 Å². The van der Waals surface area contributed by atoms with E-state index in [9.17, 15) is 14.7 Å². The molecule has 3 atom stereocenters. The molecule has 186 valence electrons. The Morgan fingerprint density at radius 3 is 2.69 bits per heavy atom. The second kappa shape index (κ2) is 9.78. The van der Waals surface area contributed by atoms with E-state index >= 15 is 0 Å². The lowest BCUT2D eigenvalue weighted by molar-refractivity contribution is -0.144. The molecule has 2 aliphatic rings. The van der Waals surface area contributed by atoms with Gasteiger partial charge in [0, 0.05) is 31.6 Å². The minimum Gasteiger partial charge on any atom is -0.391 e. The average molecular weight is 479 g/mol. The lowest BCUT2D eigenvalue weighted by Crippen LogP contribution is -2.50. The summed E-state index contributed by atoms with van der Waals surface area (Å²) >= 11 is 0. The number of β-amino-alcohol motifs (C(OH)–C–C–N with tert-alkyl or cyclic N) is 1. The molecule has 0 spiro atoms. The second-order valence-corrected chi connectivity index (χ2v) is 10.9. The Labute approximate surface area is 206 Å². The molecule has 0 radical (unpaired) electrons. The number of aromatic nitrogens is 3. The zero-order valence-corrected chi connectivity index (χ0v) is 20.9. The van der Waals surface area contributed by atoms with Crippen LogP contribution in [0, 0.1) is 23.7 Å². The van der Waals surface area contributed by atoms with Gasteiger partial charge in [0.15, 0.2) is 0 Å². The summed E-state index contributed by atoms with van der Waals surface area (Å²) in [6.07, 6.45) is 4.10. The van der Waals surface area contributed by atoms with E-state index in [0.717, 1.165) is 29.7 Å². The van der Waals surface area contributed by atoms with Crippen LogP contribution in [0.1, 0.15) is 74.4 Å². The van der Waals surface area contributed by atoms with Gasteiger partial charge in [-0.3, -0.25) is 9.59 Å². The number of hydrogen-bond donors (Lipinski definition) is 2. The summed E-state index contributed by atoms with van der Waals surface area (Å²) in [5, 5.41) is 30.9. The molecule has 1 aromatic carbocycles. The number of nitrogens with one attached hydrogen (secondary N) is 1. The number of hydrogen-bond acceptors (Lipinski definition) is 6. The molecular formula is C26H34N6O3. The van der Waals surface area contributed by atoms with Gasteiger partial charge in [-0.2, -0.15) is 5.26 Å². The Kier molecular flexibility index (Phi) is 6.95. The first kappa shape index (κ1) is 24.9. The first-order valence-electron chi connectivity index (χ1n) is 12.3. The smallest absolute Gasteiger partial charge is 0.248 e. The topological polar surface area (TPSA) is 124 Å². The summed E-state index contributed by atoms with van der Waals surface area (Å²) in [7, 11) is 0. The third-order valence-corrected chi connectivity index (χ3v) is 6.87. The Balaban J connectivity index is 1.45. The molecule has 9 nitrogen and oxygen atoms in total. The Bertz CT molecular complexity index is 1140. The predicted octanol–water partition coefficient (Wildman–Crippen LogP) is 2.24. The molecule has 9 heteroatoms. The van der Waals surface area contributed by atoms with Crippen molar-refractivity contribution in [1.82, 2.24) is 25.2 Å². The predicted molar refractivity (Wildman–Crippen MR) is 129 cm³/mol. The molecule has 2 aromatic rings. The Morgan fingerprint density at radius 2 is 2.06 bits per heavy atom. The summed E-state index contributed by atoms with van der Waals surface area (Å²) in [4.78, 5) is 28.4. The molecular weight excluding hydrogens is 444 g/mol. The van der Waals surface area contributed by atoms with Gasteiger partial charge in [-0.05, 0) is 54.9 Å². The number of likely N-dealkylation sites (tertiary alicyclic amines) is 1. The van der Waals surface area contributed by atoms with E-state index in [2.05, 4.69) is 21.7 Å². The first-order valence-corrected chi connectivity index (χ1v) is 12.3. The van der Waals surface area contributed by atoms with Crippen molar-refractivity contribution in [2.24, 2.45) is 5.41 Å². The van der Waals surface area contributed by atoms with Crippen molar-refractivity contribution in [3.05, 3.63) is 46.8 Å². The van der Waals surface area contributed by atoms with Gasteiger partial charge in [0.05, 0.1) is 23.4 Å². The number of aliphatic hydroxyl groups is 1. The van der Waals surface area contributed by atoms with Crippen molar-refractivity contribution in [2.75, 3.05) is 13.1 Å². The third kappa shape index (κ3) is 5.54. The molecule has 1 aliphatic heterocycles. The van der Waals surface area contributed by atoms with Gasteiger partial charge in [0.1, 0.15) is 12.1 Å². The van der Waals surface area contributed by atoms with Gasteiger partial charge in [-0.1, -0.05) is 32.1 Å². The Hall–Kier alpha value is -3.25. The number of carbonyl (C=O) groups excluding carboxylic acids is 2. The molecule has 0 bridgehead atoms. The van der Waals surface area contributed by atoms with Crippen molar-refractivity contribution in [2.45, 2.75) is 77.5 Å². The third-order valence-electron chi connectivity index (χ3n) is 6.87. The van der Waals surface area contributed by atoms with E-state index in [4.69, 9.17) is 5.26 Å². The minimum atomic E-state index is -0.756. The van der Waals surface area contributed by atoms with Crippen LogP contribution in [0.15, 0.2) is 24.4 Å². The minimum absolute atomic E-state index is 0.114. The Morgan fingerprint density at radius 1 is 1.31 bits per heavy atom. The number of nitrogens with zero attached hydrogens (tertiary/aromatic N) is 5. The van der Waals surface area contributed by atoms with Gasteiger partial charge in [0.25, 0.3) is 0 Å². The lowest BCUT2D eigenvalue weighted by Gasteiger charge is -2.34. The first-order chi connectivity index (χ1) is 16.6. The highest BCUT2D eigenvalue weighted by molar-refractivity contribution is 5.90. The number of rotatable bonds is 7. The van der Waals surface area contributed by atoms with E-state index in [1.807, 2.05) is 46.0 Å². The van der Waals surface area contributed by atoms with Gasteiger partial charge in [-0.25, -0.2) is 4.68 Å². The highest BCUT2D eigenvalue weighted by atomic mass is 16.3. The van der Waals surface area contributed by atoms with Crippen molar-refractivity contribution < 1.29 is 14.7 Å². The number of aryl methyl sites for hydroxylation is 1. The van der Waals surface area contributed by atoms with E-state index < -0.39 is 23.6 Å². The highest BCUT2D eigenvalue weighted by Crippen LogP contribution is 2.40. The highest BCUT2D eigenvalue weighted by Gasteiger charge is 2.45. The monoisotopic (exact) mass is 478 g/mol. The molecule has 1 saturated carbocycles. The number of benzene rings is 1. The molecule has 35 heavy (non-hydrogen) atoms. The van der Waals surface area contributed by atoms with Crippen LogP contribution in [0.4, 0.5) is 0 Å². The second-order valence-electron chi connectivity index (χ2n) is 10.9. The molecule has 1 saturated heterocycles. The van der Waals surface area contributed by atoms with E-state index in [0.29, 0.717) is 24.4 Å². The quantitative estimate of drug-likeness (QED) is 0.629. The summed E-state index contributed by atoms with van der Waals surface area (Å²) in [6.45, 7) is 8.36. The molecule has 1 aromatic heterocycles. The fourth-order valence-electron chi connectivity index (χ4n) is 4.81. The van der Waals surface area contributed by atoms with Gasteiger partial charge in [0.2, 0.25) is 11.8 Å². The fraction of sp³-hybridized carbons (Fsp3) is 0.577. The van der Waals surface area contributed by atoms with Crippen LogP contribution in [-0.2, 0) is 16.0 Å². The van der Waals surface area contributed by atoms with Crippen LogP contribution in [-0.4, -0.2) is 62.0 Å². The number of nitriles is 1. The maximum absolute atomic E-state index is 13.8. The van der Waals surface area contributed by atoms with E-state index in [1.165, 1.54) is 4.90 Å². The molecule has 2 N–H and O–H groups in total. The molecule has 2 heterocycles. The average Bonchev–Trinajstić information content (AvgIpc) is 3.41. The normalized spacial score (nSPS) is 21.0. The zero-order valence-electron chi connectivity index (χ0n) is 20.9. The molecule has 2 fully saturated rings. The van der Waals surface area contributed by atoms with Crippen molar-refractivity contribution in [3.8, 4) is 6.07 Å². The lowest BCUT2D eigenvalue weighted by atomic mass is 9.85. The van der Waals surface area contributed by atoms with Gasteiger partial charge < -0.3 is 15.3 Å². The summed E-state index contributed by atoms with van der Waals surface area (Å²) in [5.74, 6) is -0.0816. The van der Waals surface area contributed by atoms with Crippen LogP contribution in [0.5, 0.6) is 0 Å². The summed E-state index contributed by atoms with van der Waals surface area (Å²) in [6, 6.07) is 6.25. The molecule has 2 amide bonds. The van der Waals surface area contributed by atoms with Crippen molar-refractivity contribution in [1.29, 1.82) is 5.26 Å². The zero-order chi connectivity index (χ0) is 25.3. The number of carbonyl (C=O) groups is 2. The van der Waals surface area contributed by atoms with Crippen molar-refractivity contribution >= 4 is 11.8 Å². The summed E-state index contributed by atoms with van der Waals surface area (Å²) < 4.78 is 1.63. The van der Waals surface area contributed by atoms with E-state index in [-0.39, 0.29) is 24.8 Å².